The number of aromatic carboxylic acids is 1. The van der Waals surface area contributed by atoms with Gasteiger partial charge in [-0.15, -0.1) is 11.3 Å². The maximum atomic E-state index is 12.6. The van der Waals surface area contributed by atoms with Crippen LogP contribution in [-0.4, -0.2) is 17.0 Å². The first-order valence-electron chi connectivity index (χ1n) is 8.95. The lowest BCUT2D eigenvalue weighted by Crippen LogP contribution is -2.16. The Hall–Kier alpha value is -2.92. The van der Waals surface area contributed by atoms with Crippen molar-refractivity contribution in [2.24, 2.45) is 0 Å². The molecule has 3 aromatic rings. The molecule has 0 saturated heterocycles. The monoisotopic (exact) mass is 377 g/mol. The van der Waals surface area contributed by atoms with Crippen LogP contribution >= 0.6 is 11.3 Å². The molecule has 5 heteroatoms. The Labute approximate surface area is 161 Å². The fraction of sp³-hybridized carbons (Fsp3) is 0.182. The van der Waals surface area contributed by atoms with Gasteiger partial charge < -0.3 is 10.4 Å². The summed E-state index contributed by atoms with van der Waals surface area (Å²) in [4.78, 5) is 25.7. The van der Waals surface area contributed by atoms with Gasteiger partial charge in [0, 0.05) is 16.4 Å². The average molecular weight is 377 g/mol. The number of carbonyl (C=O) groups is 2. The molecule has 1 amide bonds. The second-order valence-corrected chi connectivity index (χ2v) is 7.73. The Morgan fingerprint density at radius 2 is 1.67 bits per heavy atom. The highest BCUT2D eigenvalue weighted by Gasteiger charge is 2.32. The number of carbonyl (C=O) groups excluding carboxylic acids is 1. The Kier molecular flexibility index (Phi) is 4.77. The molecule has 0 radical (unpaired) electrons. The van der Waals surface area contributed by atoms with Crippen molar-refractivity contribution < 1.29 is 14.7 Å². The molecule has 0 spiro atoms. The van der Waals surface area contributed by atoms with E-state index in [2.05, 4.69) is 5.32 Å². The largest absolute Gasteiger partial charge is 0.478 e. The normalized spacial score (nSPS) is 15.8. The van der Waals surface area contributed by atoms with Crippen LogP contribution in [0, 0.1) is 0 Å². The molecule has 1 heterocycles. The third-order valence-corrected chi connectivity index (χ3v) is 6.13. The summed E-state index contributed by atoms with van der Waals surface area (Å²) >= 11 is 1.40. The smallest absolute Gasteiger partial charge is 0.339 e. The summed E-state index contributed by atoms with van der Waals surface area (Å²) in [6.07, 6.45) is 2.78. The molecule has 0 aliphatic heterocycles. The first kappa shape index (κ1) is 17.5. The zero-order valence-electron chi connectivity index (χ0n) is 14.6. The number of hydrogen-bond acceptors (Lipinski definition) is 3. The summed E-state index contributed by atoms with van der Waals surface area (Å²) in [5.74, 6) is -1.22. The Balaban J connectivity index is 1.76. The SMILES string of the molecule is O=C(Nc1sc2c(c1C(=O)O)C(c1ccccc1)CCC2)c1ccccc1. The molecule has 2 aromatic carbocycles. The highest BCUT2D eigenvalue weighted by molar-refractivity contribution is 7.17. The molecule has 0 saturated carbocycles. The van der Waals surface area contributed by atoms with Crippen LogP contribution in [-0.2, 0) is 6.42 Å². The summed E-state index contributed by atoms with van der Waals surface area (Å²) in [6.45, 7) is 0. The van der Waals surface area contributed by atoms with Gasteiger partial charge in [-0.1, -0.05) is 48.5 Å². The lowest BCUT2D eigenvalue weighted by molar-refractivity contribution is 0.0696. The van der Waals surface area contributed by atoms with Crippen molar-refractivity contribution in [1.82, 2.24) is 0 Å². The molecule has 1 atom stereocenters. The second-order valence-electron chi connectivity index (χ2n) is 6.62. The molecule has 1 unspecified atom stereocenters. The van der Waals surface area contributed by atoms with Crippen molar-refractivity contribution in [3.05, 3.63) is 87.8 Å². The van der Waals surface area contributed by atoms with Gasteiger partial charge in [0.25, 0.3) is 5.91 Å². The van der Waals surface area contributed by atoms with E-state index in [1.807, 2.05) is 36.4 Å². The second kappa shape index (κ2) is 7.37. The van der Waals surface area contributed by atoms with Gasteiger partial charge in [-0.25, -0.2) is 4.79 Å². The summed E-state index contributed by atoms with van der Waals surface area (Å²) in [5.41, 5.74) is 2.75. The van der Waals surface area contributed by atoms with Crippen LogP contribution in [0.5, 0.6) is 0 Å². The lowest BCUT2D eigenvalue weighted by atomic mass is 9.80. The van der Waals surface area contributed by atoms with Crippen molar-refractivity contribution in [3.63, 3.8) is 0 Å². The number of anilines is 1. The third-order valence-electron chi connectivity index (χ3n) is 4.95. The summed E-state index contributed by atoms with van der Waals surface area (Å²) in [5, 5.41) is 13.2. The number of thiophene rings is 1. The number of benzene rings is 2. The predicted octanol–water partition coefficient (Wildman–Crippen LogP) is 5.17. The minimum atomic E-state index is -0.987. The highest BCUT2D eigenvalue weighted by atomic mass is 32.1. The van der Waals surface area contributed by atoms with Crippen LogP contribution in [0.2, 0.25) is 0 Å². The van der Waals surface area contributed by atoms with Gasteiger partial charge in [0.15, 0.2) is 0 Å². The minimum absolute atomic E-state index is 0.0553. The molecule has 27 heavy (non-hydrogen) atoms. The van der Waals surface area contributed by atoms with Crippen LogP contribution < -0.4 is 5.32 Å². The van der Waals surface area contributed by atoms with Crippen LogP contribution in [0.15, 0.2) is 60.7 Å². The van der Waals surface area contributed by atoms with Crippen molar-refractivity contribution in [1.29, 1.82) is 0 Å². The summed E-state index contributed by atoms with van der Waals surface area (Å²) in [6, 6.07) is 18.9. The molecule has 4 nitrogen and oxygen atoms in total. The number of rotatable bonds is 4. The van der Waals surface area contributed by atoms with Gasteiger partial charge >= 0.3 is 5.97 Å². The van der Waals surface area contributed by atoms with E-state index in [1.165, 1.54) is 11.3 Å². The quantitative estimate of drug-likeness (QED) is 0.659. The zero-order chi connectivity index (χ0) is 18.8. The van der Waals surface area contributed by atoms with Gasteiger partial charge in [0.1, 0.15) is 5.00 Å². The van der Waals surface area contributed by atoms with E-state index in [0.29, 0.717) is 10.6 Å². The molecular weight excluding hydrogens is 358 g/mol. The van der Waals surface area contributed by atoms with Crippen LogP contribution in [0.25, 0.3) is 0 Å². The fourth-order valence-electron chi connectivity index (χ4n) is 3.74. The number of carboxylic acids is 1. The van der Waals surface area contributed by atoms with E-state index in [1.54, 1.807) is 24.3 Å². The number of aryl methyl sites for hydroxylation is 1. The van der Waals surface area contributed by atoms with Crippen molar-refractivity contribution in [2.75, 3.05) is 5.32 Å². The number of carboxylic acid groups (broad SMARTS) is 1. The Morgan fingerprint density at radius 3 is 2.33 bits per heavy atom. The molecule has 1 aliphatic carbocycles. The maximum Gasteiger partial charge on any atom is 0.339 e. The van der Waals surface area contributed by atoms with Crippen LogP contribution in [0.3, 0.4) is 0 Å². The minimum Gasteiger partial charge on any atom is -0.478 e. The number of nitrogens with one attached hydrogen (secondary N) is 1. The van der Waals surface area contributed by atoms with E-state index >= 15 is 0 Å². The first-order chi connectivity index (χ1) is 13.1. The molecule has 2 N–H and O–H groups in total. The molecule has 0 bridgehead atoms. The molecular formula is C22H19NO3S. The standard InChI is InChI=1S/C22H19NO3S/c24-20(15-10-5-2-6-11-15)23-21-19(22(25)26)18-16(12-7-13-17(18)27-21)14-8-3-1-4-9-14/h1-6,8-11,16H,7,12-13H2,(H,23,24)(H,25,26). The van der Waals surface area contributed by atoms with Gasteiger partial charge in [-0.2, -0.15) is 0 Å². The van der Waals surface area contributed by atoms with Crippen LogP contribution in [0.1, 0.15) is 55.5 Å². The molecule has 0 fully saturated rings. The summed E-state index contributed by atoms with van der Waals surface area (Å²) < 4.78 is 0. The zero-order valence-corrected chi connectivity index (χ0v) is 15.5. The lowest BCUT2D eigenvalue weighted by Gasteiger charge is -2.24. The average Bonchev–Trinajstić information content (AvgIpc) is 3.07. The first-order valence-corrected chi connectivity index (χ1v) is 9.77. The molecule has 4 rings (SSSR count). The Bertz CT molecular complexity index is 980. The van der Waals surface area contributed by atoms with Gasteiger partial charge in [0.2, 0.25) is 0 Å². The van der Waals surface area contributed by atoms with Gasteiger partial charge in [-0.3, -0.25) is 4.79 Å². The van der Waals surface area contributed by atoms with E-state index < -0.39 is 5.97 Å². The number of hydrogen-bond donors (Lipinski definition) is 2. The van der Waals surface area contributed by atoms with E-state index in [-0.39, 0.29) is 17.4 Å². The molecule has 1 aliphatic rings. The fourth-order valence-corrected chi connectivity index (χ4v) is 5.03. The van der Waals surface area contributed by atoms with Crippen molar-refractivity contribution in [3.8, 4) is 0 Å². The number of amides is 1. The molecule has 136 valence electrons. The number of fused-ring (bicyclic) bond motifs is 1. The van der Waals surface area contributed by atoms with Crippen LogP contribution in [0.4, 0.5) is 5.00 Å². The van der Waals surface area contributed by atoms with E-state index in [0.717, 1.165) is 35.3 Å². The maximum absolute atomic E-state index is 12.6. The topological polar surface area (TPSA) is 66.4 Å². The third kappa shape index (κ3) is 3.38. The predicted molar refractivity (Wildman–Crippen MR) is 107 cm³/mol. The summed E-state index contributed by atoms with van der Waals surface area (Å²) in [7, 11) is 0. The van der Waals surface area contributed by atoms with Gasteiger partial charge in [-0.05, 0) is 42.5 Å². The van der Waals surface area contributed by atoms with E-state index in [9.17, 15) is 14.7 Å². The Morgan fingerprint density at radius 1 is 1.00 bits per heavy atom. The van der Waals surface area contributed by atoms with E-state index in [4.69, 9.17) is 0 Å². The van der Waals surface area contributed by atoms with Gasteiger partial charge in [0.05, 0.1) is 5.56 Å². The van der Waals surface area contributed by atoms with Crippen molar-refractivity contribution in [2.45, 2.75) is 25.2 Å². The highest BCUT2D eigenvalue weighted by Crippen LogP contribution is 2.46. The molecule has 1 aromatic heterocycles. The van der Waals surface area contributed by atoms with Crippen molar-refractivity contribution >= 4 is 28.2 Å².